The van der Waals surface area contributed by atoms with E-state index in [4.69, 9.17) is 11.5 Å². The smallest absolute Gasteiger partial charge is 0.236 e. The second-order valence-corrected chi connectivity index (χ2v) is 3.29. The Morgan fingerprint density at radius 2 is 1.87 bits per heavy atom. The molecule has 1 aromatic carbocycles. The van der Waals surface area contributed by atoms with E-state index in [1.807, 2.05) is 30.3 Å². The summed E-state index contributed by atoms with van der Waals surface area (Å²) in [5.41, 5.74) is 11.9. The lowest BCUT2D eigenvalue weighted by molar-refractivity contribution is -0.130. The third-order valence-corrected chi connectivity index (χ3v) is 2.14. The van der Waals surface area contributed by atoms with E-state index in [1.165, 1.54) is 0 Å². The number of hydrogen-bond acceptors (Lipinski definition) is 3. The molecule has 0 aromatic heterocycles. The normalized spacial score (nSPS) is 10.0. The molecule has 0 bridgehead atoms. The average Bonchev–Trinajstić information content (AvgIpc) is 2.29. The molecule has 0 unspecified atom stereocenters. The van der Waals surface area contributed by atoms with Crippen molar-refractivity contribution < 1.29 is 4.79 Å². The van der Waals surface area contributed by atoms with Gasteiger partial charge in [0, 0.05) is 19.6 Å². The van der Waals surface area contributed by atoms with Gasteiger partial charge in [0.15, 0.2) is 0 Å². The van der Waals surface area contributed by atoms with E-state index in [0.29, 0.717) is 19.6 Å². The van der Waals surface area contributed by atoms with Gasteiger partial charge in [-0.1, -0.05) is 30.3 Å². The molecule has 4 N–H and O–H groups in total. The zero-order valence-corrected chi connectivity index (χ0v) is 8.73. The summed E-state index contributed by atoms with van der Waals surface area (Å²) in [7, 11) is 0. The zero-order valence-electron chi connectivity index (χ0n) is 8.73. The highest BCUT2D eigenvalue weighted by atomic mass is 16.2. The molecule has 4 heteroatoms. The molecule has 15 heavy (non-hydrogen) atoms. The van der Waals surface area contributed by atoms with Crippen molar-refractivity contribution in [3.63, 3.8) is 0 Å². The standard InChI is InChI=1S/C11H17N3O/c12-6-7-14(11(15)8-13)9-10-4-2-1-3-5-10/h1-5H,6-9,12-13H2. The molecule has 1 rings (SSSR count). The topological polar surface area (TPSA) is 72.3 Å². The molecule has 0 aliphatic rings. The van der Waals surface area contributed by atoms with E-state index in [2.05, 4.69) is 0 Å². The molecule has 0 saturated carbocycles. The maximum Gasteiger partial charge on any atom is 0.236 e. The molecule has 82 valence electrons. The van der Waals surface area contributed by atoms with Gasteiger partial charge in [-0.3, -0.25) is 4.79 Å². The molecular formula is C11H17N3O. The van der Waals surface area contributed by atoms with Crippen molar-refractivity contribution in [3.8, 4) is 0 Å². The van der Waals surface area contributed by atoms with Crippen LogP contribution in [0.5, 0.6) is 0 Å². The monoisotopic (exact) mass is 207 g/mol. The SMILES string of the molecule is NCCN(Cc1ccccc1)C(=O)CN. The number of amides is 1. The largest absolute Gasteiger partial charge is 0.336 e. The number of hydrogen-bond donors (Lipinski definition) is 2. The molecule has 0 atom stereocenters. The third-order valence-electron chi connectivity index (χ3n) is 2.14. The second kappa shape index (κ2) is 6.16. The Bertz CT molecular complexity index is 300. The van der Waals surface area contributed by atoms with Gasteiger partial charge in [0.2, 0.25) is 5.91 Å². The zero-order chi connectivity index (χ0) is 11.1. The minimum atomic E-state index is -0.0655. The fraction of sp³-hybridized carbons (Fsp3) is 0.364. The first-order valence-corrected chi connectivity index (χ1v) is 4.99. The van der Waals surface area contributed by atoms with Crippen LogP contribution in [0.15, 0.2) is 30.3 Å². The lowest BCUT2D eigenvalue weighted by atomic mass is 10.2. The number of nitrogens with zero attached hydrogens (tertiary/aromatic N) is 1. The Hall–Kier alpha value is -1.39. The second-order valence-electron chi connectivity index (χ2n) is 3.29. The number of nitrogens with two attached hydrogens (primary N) is 2. The van der Waals surface area contributed by atoms with Crippen LogP contribution in [0, 0.1) is 0 Å². The van der Waals surface area contributed by atoms with Crippen LogP contribution in [-0.4, -0.2) is 30.4 Å². The fourth-order valence-corrected chi connectivity index (χ4v) is 1.38. The molecular weight excluding hydrogens is 190 g/mol. The molecule has 0 aliphatic carbocycles. The van der Waals surface area contributed by atoms with Crippen LogP contribution in [-0.2, 0) is 11.3 Å². The Kier molecular flexibility index (Phi) is 4.80. The van der Waals surface area contributed by atoms with Crippen LogP contribution in [0.1, 0.15) is 5.56 Å². The van der Waals surface area contributed by atoms with Crippen LogP contribution in [0.4, 0.5) is 0 Å². The summed E-state index contributed by atoms with van der Waals surface area (Å²) < 4.78 is 0. The van der Waals surface area contributed by atoms with Crippen molar-refractivity contribution >= 4 is 5.91 Å². The Morgan fingerprint density at radius 1 is 1.20 bits per heavy atom. The molecule has 0 radical (unpaired) electrons. The summed E-state index contributed by atoms with van der Waals surface area (Å²) in [4.78, 5) is 13.1. The van der Waals surface area contributed by atoms with Crippen molar-refractivity contribution in [2.45, 2.75) is 6.54 Å². The van der Waals surface area contributed by atoms with E-state index in [1.54, 1.807) is 4.90 Å². The average molecular weight is 207 g/mol. The molecule has 0 heterocycles. The van der Waals surface area contributed by atoms with Gasteiger partial charge >= 0.3 is 0 Å². The predicted molar refractivity (Wildman–Crippen MR) is 60.0 cm³/mol. The number of carbonyl (C=O) groups is 1. The summed E-state index contributed by atoms with van der Waals surface area (Å²) in [6.07, 6.45) is 0. The van der Waals surface area contributed by atoms with Crippen LogP contribution >= 0.6 is 0 Å². The minimum Gasteiger partial charge on any atom is -0.336 e. The molecule has 0 spiro atoms. The van der Waals surface area contributed by atoms with Crippen LogP contribution in [0.3, 0.4) is 0 Å². The van der Waals surface area contributed by atoms with Gasteiger partial charge in [0.05, 0.1) is 6.54 Å². The van der Waals surface area contributed by atoms with Gasteiger partial charge in [0.1, 0.15) is 0 Å². The molecule has 0 aliphatic heterocycles. The first kappa shape index (κ1) is 11.7. The summed E-state index contributed by atoms with van der Waals surface area (Å²) in [5, 5.41) is 0. The van der Waals surface area contributed by atoms with Gasteiger partial charge in [-0.15, -0.1) is 0 Å². The highest BCUT2D eigenvalue weighted by Gasteiger charge is 2.10. The van der Waals surface area contributed by atoms with Crippen molar-refractivity contribution in [1.29, 1.82) is 0 Å². The van der Waals surface area contributed by atoms with E-state index >= 15 is 0 Å². The molecule has 0 saturated heterocycles. The van der Waals surface area contributed by atoms with E-state index < -0.39 is 0 Å². The van der Waals surface area contributed by atoms with Gasteiger partial charge in [-0.25, -0.2) is 0 Å². The molecule has 1 amide bonds. The van der Waals surface area contributed by atoms with Crippen molar-refractivity contribution in [2.24, 2.45) is 11.5 Å². The Labute approximate surface area is 89.9 Å². The Balaban J connectivity index is 2.62. The lowest BCUT2D eigenvalue weighted by Gasteiger charge is -2.21. The van der Waals surface area contributed by atoms with Gasteiger partial charge < -0.3 is 16.4 Å². The minimum absolute atomic E-state index is 0.0346. The van der Waals surface area contributed by atoms with Crippen molar-refractivity contribution in [1.82, 2.24) is 4.90 Å². The van der Waals surface area contributed by atoms with Crippen LogP contribution in [0.2, 0.25) is 0 Å². The van der Waals surface area contributed by atoms with Gasteiger partial charge in [-0.2, -0.15) is 0 Å². The molecule has 4 nitrogen and oxygen atoms in total. The fourth-order valence-electron chi connectivity index (χ4n) is 1.38. The third kappa shape index (κ3) is 3.69. The molecule has 0 fully saturated rings. The quantitative estimate of drug-likeness (QED) is 0.710. The summed E-state index contributed by atoms with van der Waals surface area (Å²) >= 11 is 0. The maximum atomic E-state index is 11.5. The van der Waals surface area contributed by atoms with Crippen molar-refractivity contribution in [2.75, 3.05) is 19.6 Å². The van der Waals surface area contributed by atoms with Gasteiger partial charge in [-0.05, 0) is 5.56 Å². The first-order chi connectivity index (χ1) is 7.27. The summed E-state index contributed by atoms with van der Waals surface area (Å²) in [5.74, 6) is -0.0655. The van der Waals surface area contributed by atoms with E-state index in [0.717, 1.165) is 5.56 Å². The Morgan fingerprint density at radius 3 is 2.40 bits per heavy atom. The number of rotatable bonds is 5. The van der Waals surface area contributed by atoms with E-state index in [9.17, 15) is 4.79 Å². The van der Waals surface area contributed by atoms with Gasteiger partial charge in [0.25, 0.3) is 0 Å². The number of benzene rings is 1. The lowest BCUT2D eigenvalue weighted by Crippen LogP contribution is -2.38. The van der Waals surface area contributed by atoms with Crippen molar-refractivity contribution in [3.05, 3.63) is 35.9 Å². The van der Waals surface area contributed by atoms with E-state index in [-0.39, 0.29) is 12.5 Å². The predicted octanol–water partition coefficient (Wildman–Crippen LogP) is -0.0674. The highest BCUT2D eigenvalue weighted by Crippen LogP contribution is 2.03. The summed E-state index contributed by atoms with van der Waals surface area (Å²) in [6, 6.07) is 9.80. The summed E-state index contributed by atoms with van der Waals surface area (Å²) in [6.45, 7) is 1.62. The molecule has 1 aromatic rings. The number of carbonyl (C=O) groups excluding carboxylic acids is 1. The van der Waals surface area contributed by atoms with Crippen LogP contribution in [0.25, 0.3) is 0 Å². The first-order valence-electron chi connectivity index (χ1n) is 4.99. The highest BCUT2D eigenvalue weighted by molar-refractivity contribution is 5.78. The van der Waals surface area contributed by atoms with Crippen LogP contribution < -0.4 is 11.5 Å². The maximum absolute atomic E-state index is 11.5.